The number of alkyl carbamates (subject to hydrolysis) is 1. The van der Waals surface area contributed by atoms with Gasteiger partial charge in [0.1, 0.15) is 17.2 Å². The summed E-state index contributed by atoms with van der Waals surface area (Å²) in [5.74, 6) is 1.53. The maximum Gasteiger partial charge on any atom is 0.407 e. The SMILES string of the molecule is Cc1nccc(NCCCNC(=O)OC(C)(C)C)n1. The maximum absolute atomic E-state index is 11.4. The van der Waals surface area contributed by atoms with Crippen molar-refractivity contribution in [2.45, 2.75) is 39.7 Å². The van der Waals surface area contributed by atoms with Crippen LogP contribution in [0, 0.1) is 6.92 Å². The number of aryl methyl sites for hydroxylation is 1. The molecule has 106 valence electrons. The summed E-state index contributed by atoms with van der Waals surface area (Å²) in [5.41, 5.74) is -0.458. The van der Waals surface area contributed by atoms with Crippen molar-refractivity contribution in [1.82, 2.24) is 15.3 Å². The second kappa shape index (κ2) is 6.92. The van der Waals surface area contributed by atoms with E-state index < -0.39 is 5.60 Å². The van der Waals surface area contributed by atoms with Gasteiger partial charge in [0, 0.05) is 19.3 Å². The predicted octanol–water partition coefficient (Wildman–Crippen LogP) is 2.11. The molecule has 0 unspecified atom stereocenters. The molecule has 6 heteroatoms. The summed E-state index contributed by atoms with van der Waals surface area (Å²) in [4.78, 5) is 19.6. The van der Waals surface area contributed by atoms with Gasteiger partial charge in [-0.05, 0) is 40.2 Å². The number of anilines is 1. The fourth-order valence-electron chi connectivity index (χ4n) is 1.36. The molecule has 1 rings (SSSR count). The third-order valence-electron chi connectivity index (χ3n) is 2.10. The van der Waals surface area contributed by atoms with Crippen molar-refractivity contribution in [1.29, 1.82) is 0 Å². The maximum atomic E-state index is 11.4. The monoisotopic (exact) mass is 266 g/mol. The molecule has 0 aliphatic heterocycles. The van der Waals surface area contributed by atoms with Crippen LogP contribution < -0.4 is 10.6 Å². The highest BCUT2D eigenvalue weighted by molar-refractivity contribution is 5.67. The normalized spacial score (nSPS) is 10.9. The van der Waals surface area contributed by atoms with Crippen molar-refractivity contribution in [2.24, 2.45) is 0 Å². The molecule has 0 fully saturated rings. The standard InChI is InChI=1S/C13H22N4O2/c1-10-14-9-6-11(17-10)15-7-5-8-16-12(18)19-13(2,3)4/h6,9H,5,7-8H2,1-4H3,(H,16,18)(H,14,15,17). The molecule has 1 aromatic rings. The molecule has 0 bridgehead atoms. The van der Waals surface area contributed by atoms with E-state index in [2.05, 4.69) is 20.6 Å². The first-order valence-electron chi connectivity index (χ1n) is 6.37. The number of nitrogens with one attached hydrogen (secondary N) is 2. The molecule has 1 aromatic heterocycles. The second-order valence-electron chi connectivity index (χ2n) is 5.20. The lowest BCUT2D eigenvalue weighted by atomic mass is 10.2. The third kappa shape index (κ3) is 7.23. The minimum Gasteiger partial charge on any atom is -0.444 e. The number of hydrogen-bond acceptors (Lipinski definition) is 5. The lowest BCUT2D eigenvalue weighted by Crippen LogP contribution is -2.33. The van der Waals surface area contributed by atoms with Crippen molar-refractivity contribution in [3.63, 3.8) is 0 Å². The molecule has 0 aromatic carbocycles. The summed E-state index contributed by atoms with van der Waals surface area (Å²) in [7, 11) is 0. The summed E-state index contributed by atoms with van der Waals surface area (Å²) in [5, 5.41) is 5.87. The number of ether oxygens (including phenoxy) is 1. The molecular weight excluding hydrogens is 244 g/mol. The minimum absolute atomic E-state index is 0.384. The van der Waals surface area contributed by atoms with E-state index in [4.69, 9.17) is 4.74 Å². The van der Waals surface area contributed by atoms with Gasteiger partial charge in [-0.1, -0.05) is 0 Å². The first-order valence-corrected chi connectivity index (χ1v) is 6.37. The molecule has 2 N–H and O–H groups in total. The van der Waals surface area contributed by atoms with E-state index >= 15 is 0 Å². The van der Waals surface area contributed by atoms with Gasteiger partial charge >= 0.3 is 6.09 Å². The van der Waals surface area contributed by atoms with Gasteiger partial charge in [0.15, 0.2) is 0 Å². The van der Waals surface area contributed by atoms with Crippen molar-refractivity contribution in [3.8, 4) is 0 Å². The molecule has 19 heavy (non-hydrogen) atoms. The Kier molecular flexibility index (Phi) is 5.54. The van der Waals surface area contributed by atoms with Crippen molar-refractivity contribution in [3.05, 3.63) is 18.1 Å². The number of hydrogen-bond donors (Lipinski definition) is 2. The van der Waals surface area contributed by atoms with Gasteiger partial charge in [-0.2, -0.15) is 0 Å². The number of carbonyl (C=O) groups excluding carboxylic acids is 1. The number of aromatic nitrogens is 2. The molecule has 0 radical (unpaired) electrons. The van der Waals surface area contributed by atoms with E-state index in [1.165, 1.54) is 0 Å². The fourth-order valence-corrected chi connectivity index (χ4v) is 1.36. The number of carbonyl (C=O) groups is 1. The highest BCUT2D eigenvalue weighted by atomic mass is 16.6. The summed E-state index contributed by atoms with van der Waals surface area (Å²) in [6, 6.07) is 1.81. The Morgan fingerprint density at radius 1 is 1.37 bits per heavy atom. The van der Waals surface area contributed by atoms with Gasteiger partial charge in [-0.15, -0.1) is 0 Å². The molecule has 1 amide bonds. The molecular formula is C13H22N4O2. The number of amides is 1. The second-order valence-corrected chi connectivity index (χ2v) is 5.20. The molecule has 0 atom stereocenters. The van der Waals surface area contributed by atoms with Gasteiger partial charge in [-0.25, -0.2) is 14.8 Å². The van der Waals surface area contributed by atoms with Gasteiger partial charge in [0.05, 0.1) is 0 Å². The Morgan fingerprint density at radius 3 is 2.74 bits per heavy atom. The zero-order chi connectivity index (χ0) is 14.3. The van der Waals surface area contributed by atoms with E-state index in [0.29, 0.717) is 6.54 Å². The molecule has 6 nitrogen and oxygen atoms in total. The first kappa shape index (κ1) is 15.2. The van der Waals surface area contributed by atoms with Gasteiger partial charge in [0.2, 0.25) is 0 Å². The van der Waals surface area contributed by atoms with Crippen LogP contribution in [0.25, 0.3) is 0 Å². The van der Waals surface area contributed by atoms with Crippen molar-refractivity contribution >= 4 is 11.9 Å². The lowest BCUT2D eigenvalue weighted by molar-refractivity contribution is 0.0528. The van der Waals surface area contributed by atoms with Crippen LogP contribution >= 0.6 is 0 Å². The Bertz CT molecular complexity index is 415. The van der Waals surface area contributed by atoms with Crippen molar-refractivity contribution in [2.75, 3.05) is 18.4 Å². The molecule has 1 heterocycles. The van der Waals surface area contributed by atoms with E-state index in [1.807, 2.05) is 33.8 Å². The fraction of sp³-hybridized carbons (Fsp3) is 0.615. The Balaban J connectivity index is 2.13. The van der Waals surface area contributed by atoms with Gasteiger partial charge in [-0.3, -0.25) is 0 Å². The topological polar surface area (TPSA) is 76.1 Å². The molecule has 0 spiro atoms. The molecule has 0 aliphatic carbocycles. The van der Waals surface area contributed by atoms with Crippen LogP contribution in [0.5, 0.6) is 0 Å². The Labute approximate surface area is 114 Å². The van der Waals surface area contributed by atoms with E-state index in [1.54, 1.807) is 6.20 Å². The van der Waals surface area contributed by atoms with Crippen molar-refractivity contribution < 1.29 is 9.53 Å². The summed E-state index contributed by atoms with van der Waals surface area (Å²) in [6.07, 6.45) is 2.12. The zero-order valence-corrected chi connectivity index (χ0v) is 12.0. The minimum atomic E-state index is -0.458. The highest BCUT2D eigenvalue weighted by Crippen LogP contribution is 2.06. The van der Waals surface area contributed by atoms with Crippen LogP contribution in [-0.4, -0.2) is 34.8 Å². The van der Waals surface area contributed by atoms with E-state index in [-0.39, 0.29) is 6.09 Å². The van der Waals surface area contributed by atoms with E-state index in [0.717, 1.165) is 24.6 Å². The van der Waals surface area contributed by atoms with Crippen LogP contribution in [0.3, 0.4) is 0 Å². The number of rotatable bonds is 5. The largest absolute Gasteiger partial charge is 0.444 e. The smallest absolute Gasteiger partial charge is 0.407 e. The first-order chi connectivity index (χ1) is 8.87. The molecule has 0 saturated carbocycles. The van der Waals surface area contributed by atoms with Crippen LogP contribution in [0.1, 0.15) is 33.0 Å². The van der Waals surface area contributed by atoms with Crippen LogP contribution in [0.4, 0.5) is 10.6 Å². The molecule has 0 saturated heterocycles. The van der Waals surface area contributed by atoms with Gasteiger partial charge in [0.25, 0.3) is 0 Å². The number of nitrogens with zero attached hydrogens (tertiary/aromatic N) is 2. The Morgan fingerprint density at radius 2 is 2.11 bits per heavy atom. The summed E-state index contributed by atoms with van der Waals surface area (Å²) >= 11 is 0. The average Bonchev–Trinajstić information content (AvgIpc) is 2.26. The highest BCUT2D eigenvalue weighted by Gasteiger charge is 2.15. The predicted molar refractivity (Wildman–Crippen MR) is 74.1 cm³/mol. The Hall–Kier alpha value is -1.85. The van der Waals surface area contributed by atoms with E-state index in [9.17, 15) is 4.79 Å². The van der Waals surface area contributed by atoms with Gasteiger partial charge < -0.3 is 15.4 Å². The van der Waals surface area contributed by atoms with Crippen LogP contribution in [-0.2, 0) is 4.74 Å². The molecule has 0 aliphatic rings. The van der Waals surface area contributed by atoms with Crippen LogP contribution in [0.2, 0.25) is 0 Å². The quantitative estimate of drug-likeness (QED) is 0.798. The average molecular weight is 266 g/mol. The third-order valence-corrected chi connectivity index (χ3v) is 2.10. The summed E-state index contributed by atoms with van der Waals surface area (Å²) in [6.45, 7) is 8.65. The van der Waals surface area contributed by atoms with Crippen LogP contribution in [0.15, 0.2) is 12.3 Å². The zero-order valence-electron chi connectivity index (χ0n) is 12.0. The lowest BCUT2D eigenvalue weighted by Gasteiger charge is -2.19. The summed E-state index contributed by atoms with van der Waals surface area (Å²) < 4.78 is 5.13.